The summed E-state index contributed by atoms with van der Waals surface area (Å²) >= 11 is 0. The van der Waals surface area contributed by atoms with E-state index in [1.807, 2.05) is 0 Å². The molecule has 0 aromatic rings. The molecule has 0 radical (unpaired) electrons. The van der Waals surface area contributed by atoms with Crippen LogP contribution in [0.3, 0.4) is 0 Å². The second-order valence-corrected chi connectivity index (χ2v) is 31.4. The largest absolute Gasteiger partial charge is 0.472 e. The number of hydrogen-bond acceptors (Lipinski definition) is 32. The van der Waals surface area contributed by atoms with Crippen LogP contribution in [0.25, 0.3) is 0 Å². The summed E-state index contributed by atoms with van der Waals surface area (Å²) < 4.78 is 74.1. The first-order valence-electron chi connectivity index (χ1n) is 40.4. The molecule has 3 aliphatic rings. The molecule has 118 heavy (non-hydrogen) atoms. The Morgan fingerprint density at radius 2 is 0.661 bits per heavy atom. The number of phosphoric acid groups is 1. The highest BCUT2D eigenvalue weighted by molar-refractivity contribution is 7.47. The van der Waals surface area contributed by atoms with Gasteiger partial charge >= 0.3 is 7.82 Å². The number of aliphatic hydroxyl groups excluding tert-OH is 9. The number of ether oxygens (including phenoxy) is 9. The second-order valence-electron chi connectivity index (χ2n) is 30.0. The van der Waals surface area contributed by atoms with E-state index in [2.05, 4.69) is 53.2 Å². The van der Waals surface area contributed by atoms with Gasteiger partial charge in [0.15, 0.2) is 18.9 Å². The lowest BCUT2D eigenvalue weighted by atomic mass is 9.97. The molecule has 7 unspecified atom stereocenters. The van der Waals surface area contributed by atoms with Gasteiger partial charge in [0.05, 0.1) is 91.5 Å². The summed E-state index contributed by atoms with van der Waals surface area (Å²) in [4.78, 5) is 150. The number of rotatable bonds is 63. The van der Waals surface area contributed by atoms with E-state index < -0.39 is 172 Å². The lowest BCUT2D eigenvalue weighted by Crippen LogP contribution is -2.64. The van der Waals surface area contributed by atoms with Crippen molar-refractivity contribution in [3.05, 3.63) is 0 Å². The van der Waals surface area contributed by atoms with Gasteiger partial charge in [-0.15, -0.1) is 0 Å². The Balaban J connectivity index is 1.62. The van der Waals surface area contributed by atoms with E-state index in [1.165, 1.54) is 20.8 Å². The molecule has 0 aromatic heterocycles. The summed E-state index contributed by atoms with van der Waals surface area (Å²) in [6, 6.07) is -3.43. The minimum Gasteiger partial charge on any atom is -0.394 e. The maximum Gasteiger partial charge on any atom is 0.472 e. The van der Waals surface area contributed by atoms with Crippen LogP contribution in [-0.4, -0.2) is 344 Å². The van der Waals surface area contributed by atoms with Gasteiger partial charge in [-0.1, -0.05) is 12.8 Å². The molecule has 0 saturated carbocycles. The molecule has 16 atom stereocenters. The van der Waals surface area contributed by atoms with Crippen LogP contribution < -0.4 is 53.2 Å². The van der Waals surface area contributed by atoms with E-state index in [0.29, 0.717) is 57.9 Å². The highest BCUT2D eigenvalue weighted by atomic mass is 31.2. The molecule has 682 valence electrons. The van der Waals surface area contributed by atoms with Crippen molar-refractivity contribution in [3.63, 3.8) is 0 Å². The monoisotopic (exact) mass is 1720 g/mol. The van der Waals surface area contributed by atoms with Crippen LogP contribution >= 0.6 is 7.82 Å². The highest BCUT2D eigenvalue weighted by Crippen LogP contribution is 2.47. The smallest absolute Gasteiger partial charge is 0.394 e. The molecule has 0 aliphatic carbocycles. The first-order chi connectivity index (χ1) is 56.0. The van der Waals surface area contributed by atoms with Gasteiger partial charge in [-0.25, -0.2) is 4.57 Å². The zero-order chi connectivity index (χ0) is 87.6. The van der Waals surface area contributed by atoms with Gasteiger partial charge in [0.2, 0.25) is 59.1 Å². The van der Waals surface area contributed by atoms with Gasteiger partial charge in [0, 0.05) is 118 Å². The van der Waals surface area contributed by atoms with Crippen LogP contribution in [0.5, 0.6) is 0 Å². The fourth-order valence-electron chi connectivity index (χ4n) is 12.2. The van der Waals surface area contributed by atoms with Gasteiger partial charge in [0.1, 0.15) is 84.4 Å². The Labute approximate surface area is 687 Å². The summed E-state index contributed by atoms with van der Waals surface area (Å²) in [5, 5.41) is 118. The highest BCUT2D eigenvalue weighted by Gasteiger charge is 2.48. The number of Topliss-reactive ketones (excluding diaryl/α,β-unsaturated/α-hetero) is 1. The summed E-state index contributed by atoms with van der Waals surface area (Å²) in [5.41, 5.74) is -2.43. The van der Waals surface area contributed by atoms with Crippen LogP contribution in [0.2, 0.25) is 0 Å². The SMILES string of the molecule is CC(=O)NC1[C@H](OCCCC(=O)CCCCNC(=O)CCOCC(COCCC(=O)NCCCNC(=O)CCCO[C@@H]2OC(CO)[C@@H](O)[C@H](O)C2NC(C)=O)(COCCC(=O)NCCCNC(=O)CCCO[C@@H]2OC(CO)[C@@H](O)[C@H](O)C2NC(C)=O)NC(=O)CCCC(=O)NCCCCCCOP(=O)(O)OC(C)(C)C)OC(CO)[C@@H](O)[C@@H]1O. The second kappa shape index (κ2) is 58.7. The zero-order valence-corrected chi connectivity index (χ0v) is 69.6. The summed E-state index contributed by atoms with van der Waals surface area (Å²) in [7, 11) is -4.23. The van der Waals surface area contributed by atoms with Crippen molar-refractivity contribution in [2.45, 2.75) is 279 Å². The molecule has 3 rings (SSSR count). The van der Waals surface area contributed by atoms with Crippen molar-refractivity contribution in [2.75, 3.05) is 125 Å². The standard InChI is InChI=1S/C74H133N10O33P/c1-47(88)81-61-67(102)64(99)51(41-85)114-70(61)110-34-14-20-50(91)19-9-11-29-76-57(95)25-38-107-44-74(84-60(98)22-13-21-54(92)75-28-10-7-8-12-37-113-118(105,106)117-73(4,5)6,45-108-39-26-58(96)79-32-17-30-77-55(93)23-15-35-111-71-62(82-48(2)89)68(103)65(100)52(42-86)115-71)46-109-40-27-59(97)80-33-18-31-78-56(94)24-16-36-112-72-63(83-49(3)90)69(104)66(101)53(43-87)116-72/h51-53,61-72,85-87,99-104H,7-46H2,1-6H3,(H,75,92)(H,76,95)(H,77,93)(H,78,94)(H,79,96)(H,80,97)(H,81,88)(H,82,89)(H,83,90)(H,84,98)(H,105,106)/t51?,52?,53?,61?,62?,63?,64-,65-,66-,67-,68-,69-,70-,71-,72-,74?/m1/s1. The number of carbonyl (C=O) groups is 11. The Bertz CT molecular complexity index is 2800. The van der Waals surface area contributed by atoms with Gasteiger partial charge in [-0.05, 0) is 85.0 Å². The molecule has 0 aromatic carbocycles. The van der Waals surface area contributed by atoms with Crippen LogP contribution in [0.1, 0.15) is 176 Å². The molecular formula is C74H133N10O33P. The minimum absolute atomic E-state index is 0.00160. The number of hydrogen-bond donors (Lipinski definition) is 20. The Hall–Kier alpha value is -6.24. The van der Waals surface area contributed by atoms with Crippen molar-refractivity contribution in [2.24, 2.45) is 0 Å². The maximum atomic E-state index is 14.0. The predicted molar refractivity (Wildman–Crippen MR) is 414 cm³/mol. The van der Waals surface area contributed by atoms with E-state index in [4.69, 9.17) is 51.7 Å². The van der Waals surface area contributed by atoms with Crippen molar-refractivity contribution >= 4 is 72.7 Å². The quantitative estimate of drug-likeness (QED) is 0.0201. The predicted octanol–water partition coefficient (Wildman–Crippen LogP) is -4.84. The van der Waals surface area contributed by atoms with Crippen LogP contribution in [0, 0.1) is 0 Å². The van der Waals surface area contributed by atoms with E-state index in [0.717, 1.165) is 0 Å². The molecule has 3 aliphatic heterocycles. The van der Waals surface area contributed by atoms with E-state index in [9.17, 15) is 108 Å². The maximum absolute atomic E-state index is 14.0. The Morgan fingerprint density at radius 1 is 0.356 bits per heavy atom. The lowest BCUT2D eigenvalue weighted by molar-refractivity contribution is -0.270. The number of carbonyl (C=O) groups excluding carboxylic acids is 11. The topological polar surface area (TPSA) is 629 Å². The van der Waals surface area contributed by atoms with Gasteiger partial charge in [-0.3, -0.25) is 61.8 Å². The van der Waals surface area contributed by atoms with Crippen molar-refractivity contribution in [1.29, 1.82) is 0 Å². The normalized spacial score (nSPS) is 24.2. The molecule has 0 spiro atoms. The molecule has 10 amide bonds. The molecule has 0 bridgehead atoms. The first kappa shape index (κ1) is 106. The van der Waals surface area contributed by atoms with Gasteiger partial charge in [0.25, 0.3) is 0 Å². The fraction of sp³-hybridized carbons (Fsp3) is 0.851. The molecule has 3 saturated heterocycles. The van der Waals surface area contributed by atoms with Crippen molar-refractivity contribution in [1.82, 2.24) is 53.2 Å². The summed E-state index contributed by atoms with van der Waals surface area (Å²) in [6.07, 6.45) is -12.0. The average Bonchev–Trinajstić information content (AvgIpc) is 0.790. The van der Waals surface area contributed by atoms with Gasteiger partial charge < -0.3 is 147 Å². The number of phosphoric ester groups is 1. The third kappa shape index (κ3) is 45.1. The van der Waals surface area contributed by atoms with Crippen molar-refractivity contribution in [3.8, 4) is 0 Å². The van der Waals surface area contributed by atoms with Crippen LogP contribution in [-0.2, 0) is 109 Å². The molecule has 43 nitrogen and oxygen atoms in total. The number of nitrogens with one attached hydrogen (secondary N) is 10. The number of aliphatic hydroxyl groups is 9. The molecule has 44 heteroatoms. The molecule has 3 fully saturated rings. The Morgan fingerprint density at radius 3 is 1.01 bits per heavy atom. The van der Waals surface area contributed by atoms with Crippen LogP contribution in [0.4, 0.5) is 0 Å². The molecule has 20 N–H and O–H groups in total. The van der Waals surface area contributed by atoms with Crippen molar-refractivity contribution < 1.29 is 160 Å². The fourth-order valence-corrected chi connectivity index (χ4v) is 13.4. The minimum atomic E-state index is -4.23. The summed E-state index contributed by atoms with van der Waals surface area (Å²) in [6.45, 7) is 6.07. The number of amides is 10. The van der Waals surface area contributed by atoms with E-state index in [1.54, 1.807) is 20.8 Å². The number of ketones is 1. The zero-order valence-electron chi connectivity index (χ0n) is 68.8. The molecular weight excluding hydrogens is 1590 g/mol. The van der Waals surface area contributed by atoms with Gasteiger partial charge in [-0.2, -0.15) is 0 Å². The average molecular weight is 1720 g/mol. The summed E-state index contributed by atoms with van der Waals surface area (Å²) in [5.74, 6) is -4.52. The lowest BCUT2D eigenvalue weighted by Gasteiger charge is -2.42. The number of unbranched alkanes of at least 4 members (excludes halogenated alkanes) is 4. The van der Waals surface area contributed by atoms with E-state index >= 15 is 0 Å². The third-order valence-electron chi connectivity index (χ3n) is 18.3. The molecule has 3 heterocycles. The van der Waals surface area contributed by atoms with Crippen LogP contribution in [0.15, 0.2) is 0 Å². The third-order valence-corrected chi connectivity index (χ3v) is 19.6. The first-order valence-corrected chi connectivity index (χ1v) is 41.9. The Kier molecular flexibility index (Phi) is 52.7. The van der Waals surface area contributed by atoms with E-state index in [-0.39, 0.29) is 206 Å².